The Morgan fingerprint density at radius 2 is 0.926 bits per heavy atom. The van der Waals surface area contributed by atoms with E-state index in [0.717, 1.165) is 44.4 Å². The second-order valence-corrected chi connectivity index (χ2v) is 13.2. The van der Waals surface area contributed by atoms with Crippen LogP contribution < -0.4 is 4.74 Å². The molecule has 10 rings (SSSR count). The van der Waals surface area contributed by atoms with Crippen LogP contribution in [0.5, 0.6) is 11.5 Å². The number of fused-ring (bicyclic) bond motifs is 9. The molecule has 0 unspecified atom stereocenters. The Kier molecular flexibility index (Phi) is 8.79. The molecule has 9 aromatic rings. The van der Waals surface area contributed by atoms with E-state index in [1.54, 1.807) is 6.20 Å². The van der Waals surface area contributed by atoms with Crippen molar-refractivity contribution in [1.82, 2.24) is 9.97 Å². The monoisotopic (exact) mass is 869 g/mol. The molecule has 256 valence electrons. The van der Waals surface area contributed by atoms with Crippen LogP contribution in [0, 0.1) is 12.1 Å². The van der Waals surface area contributed by atoms with Crippen molar-refractivity contribution >= 4 is 10.8 Å². The predicted molar refractivity (Wildman–Crippen MR) is 215 cm³/mol. The summed E-state index contributed by atoms with van der Waals surface area (Å²) in [5.41, 5.74) is 15.7. The fourth-order valence-electron chi connectivity index (χ4n) is 7.55. The summed E-state index contributed by atoms with van der Waals surface area (Å²) in [6, 6.07) is 66.3. The number of pyridine rings is 2. The van der Waals surface area contributed by atoms with Gasteiger partial charge in [-0.1, -0.05) is 121 Å². The van der Waals surface area contributed by atoms with Gasteiger partial charge in [0.05, 0.1) is 0 Å². The van der Waals surface area contributed by atoms with Gasteiger partial charge in [-0.05, 0) is 102 Å². The maximum absolute atomic E-state index is 6.25. The fraction of sp³-hybridized carbons (Fsp3) is 0. The number of nitrogens with zero attached hydrogens (tertiary/aromatic N) is 2. The molecule has 7 aromatic carbocycles. The van der Waals surface area contributed by atoms with Crippen molar-refractivity contribution < 1.29 is 25.8 Å². The molecule has 0 spiro atoms. The zero-order chi connectivity index (χ0) is 35.1. The molecule has 2 heterocycles. The smallest absolute Gasteiger partial charge is 0.497 e. The first kappa shape index (κ1) is 33.4. The molecule has 0 bridgehead atoms. The minimum absolute atomic E-state index is 0. The minimum Gasteiger partial charge on any atom is -0.497 e. The standard InChI is InChI=1S/C50H30N2O.Pt/c1-2-16-42-41(15-1)43-17-3-4-19-45(43)47-25-23-34(32-48(47)46-20-6-5-18-44(42)46)33-22-24-40-35(29-33)26-28-52-50(40)37-12-10-14-39(31-37)53-38-13-9-11-36(30-38)49-21-7-8-27-51-49;/h1-29,32H;/q-2;+2. The summed E-state index contributed by atoms with van der Waals surface area (Å²) in [5.74, 6) is 1.20. The molecule has 0 radical (unpaired) electrons. The molecule has 0 aliphatic heterocycles. The Bertz CT molecular complexity index is 2820. The van der Waals surface area contributed by atoms with Gasteiger partial charge in [-0.2, -0.15) is 0 Å². The first-order chi connectivity index (χ1) is 26.3. The van der Waals surface area contributed by atoms with Gasteiger partial charge >= 0.3 is 21.1 Å². The third kappa shape index (κ3) is 6.03. The molecule has 1 aliphatic carbocycles. The first-order valence-corrected chi connectivity index (χ1v) is 17.7. The number of aromatic nitrogens is 2. The van der Waals surface area contributed by atoms with Crippen molar-refractivity contribution in [3.05, 3.63) is 194 Å². The van der Waals surface area contributed by atoms with E-state index in [1.807, 2.05) is 60.8 Å². The van der Waals surface area contributed by atoms with E-state index in [-0.39, 0.29) is 21.1 Å². The van der Waals surface area contributed by atoms with Crippen LogP contribution in [0.15, 0.2) is 182 Å². The van der Waals surface area contributed by atoms with E-state index in [1.165, 1.54) is 44.5 Å². The fourth-order valence-corrected chi connectivity index (χ4v) is 7.55. The summed E-state index contributed by atoms with van der Waals surface area (Å²) in [6.07, 6.45) is 3.65. The molecule has 54 heavy (non-hydrogen) atoms. The molecule has 4 heteroatoms. The van der Waals surface area contributed by atoms with Crippen LogP contribution in [0.1, 0.15) is 0 Å². The largest absolute Gasteiger partial charge is 2.00 e. The molecule has 0 N–H and O–H groups in total. The van der Waals surface area contributed by atoms with Gasteiger partial charge in [-0.15, -0.1) is 47.5 Å². The Labute approximate surface area is 328 Å². The molecule has 0 fully saturated rings. The Balaban J connectivity index is 0.00000384. The average Bonchev–Trinajstić information content (AvgIpc) is 3.23. The quantitative estimate of drug-likeness (QED) is 0.162. The number of hydrogen-bond donors (Lipinski definition) is 0. The van der Waals surface area contributed by atoms with Gasteiger partial charge in [0.2, 0.25) is 0 Å². The number of benzene rings is 7. The van der Waals surface area contributed by atoms with Crippen molar-refractivity contribution in [2.24, 2.45) is 0 Å². The molecular weight excluding hydrogens is 840 g/mol. The van der Waals surface area contributed by atoms with Crippen molar-refractivity contribution in [3.63, 3.8) is 0 Å². The van der Waals surface area contributed by atoms with Crippen LogP contribution in [0.2, 0.25) is 0 Å². The van der Waals surface area contributed by atoms with Crippen molar-refractivity contribution in [2.75, 3.05) is 0 Å². The van der Waals surface area contributed by atoms with Crippen LogP contribution >= 0.6 is 0 Å². The van der Waals surface area contributed by atoms with E-state index in [9.17, 15) is 0 Å². The van der Waals surface area contributed by atoms with Crippen LogP contribution in [-0.2, 0) is 21.1 Å². The predicted octanol–water partition coefficient (Wildman–Crippen LogP) is 13.0. The van der Waals surface area contributed by atoms with E-state index in [0.29, 0.717) is 11.5 Å². The van der Waals surface area contributed by atoms with Gasteiger partial charge in [0.25, 0.3) is 0 Å². The molecule has 1 aliphatic rings. The molecule has 0 amide bonds. The molecule has 0 saturated carbocycles. The molecular formula is C50H30N2OPt. The Morgan fingerprint density at radius 1 is 0.389 bits per heavy atom. The van der Waals surface area contributed by atoms with E-state index < -0.39 is 0 Å². The second kappa shape index (κ2) is 14.2. The van der Waals surface area contributed by atoms with Gasteiger partial charge in [0.1, 0.15) is 0 Å². The average molecular weight is 870 g/mol. The minimum atomic E-state index is 0. The second-order valence-electron chi connectivity index (χ2n) is 13.2. The summed E-state index contributed by atoms with van der Waals surface area (Å²) in [5, 5.41) is 2.16. The summed E-state index contributed by atoms with van der Waals surface area (Å²) >= 11 is 0. The van der Waals surface area contributed by atoms with Crippen LogP contribution in [0.25, 0.3) is 88.9 Å². The van der Waals surface area contributed by atoms with Gasteiger partial charge < -0.3 is 14.7 Å². The van der Waals surface area contributed by atoms with Crippen LogP contribution in [0.4, 0.5) is 0 Å². The van der Waals surface area contributed by atoms with Gasteiger partial charge in [0.15, 0.2) is 0 Å². The topological polar surface area (TPSA) is 35.0 Å². The number of hydrogen-bond acceptors (Lipinski definition) is 3. The van der Waals surface area contributed by atoms with Gasteiger partial charge in [-0.25, -0.2) is 0 Å². The zero-order valence-electron chi connectivity index (χ0n) is 28.9. The van der Waals surface area contributed by atoms with E-state index >= 15 is 0 Å². The SMILES string of the molecule is [Pt+2].[c-]1c(Oc2[c-]c(-c3nccc4cc(-c5ccc6c(c5)-c5ccccc5-c5ccccc5-c5ccccc5-6)ccc34)ccc2)cccc1-c1ccccn1. The summed E-state index contributed by atoms with van der Waals surface area (Å²) in [6.45, 7) is 0. The Hall–Kier alpha value is -6.41. The zero-order valence-corrected chi connectivity index (χ0v) is 31.2. The van der Waals surface area contributed by atoms with E-state index in [2.05, 4.69) is 132 Å². The van der Waals surface area contributed by atoms with Gasteiger partial charge in [-0.3, -0.25) is 0 Å². The molecule has 3 nitrogen and oxygen atoms in total. The number of rotatable bonds is 5. The Morgan fingerprint density at radius 3 is 1.56 bits per heavy atom. The third-order valence-corrected chi connectivity index (χ3v) is 10.0. The molecule has 0 atom stereocenters. The van der Waals surface area contributed by atoms with Gasteiger partial charge in [0, 0.05) is 23.9 Å². The molecule has 2 aromatic heterocycles. The number of ether oxygens (including phenoxy) is 1. The summed E-state index contributed by atoms with van der Waals surface area (Å²) in [4.78, 5) is 9.27. The van der Waals surface area contributed by atoms with Crippen molar-refractivity contribution in [2.45, 2.75) is 0 Å². The summed E-state index contributed by atoms with van der Waals surface area (Å²) < 4.78 is 6.25. The van der Waals surface area contributed by atoms with E-state index in [4.69, 9.17) is 9.72 Å². The van der Waals surface area contributed by atoms with Crippen molar-refractivity contribution in [1.29, 1.82) is 0 Å². The normalized spacial score (nSPS) is 11.2. The maximum Gasteiger partial charge on any atom is 2.00 e. The third-order valence-electron chi connectivity index (χ3n) is 10.0. The summed E-state index contributed by atoms with van der Waals surface area (Å²) in [7, 11) is 0. The van der Waals surface area contributed by atoms with Crippen molar-refractivity contribution in [3.8, 4) is 89.6 Å². The first-order valence-electron chi connectivity index (χ1n) is 17.7. The molecule has 0 saturated heterocycles. The maximum atomic E-state index is 6.25. The van der Waals surface area contributed by atoms with Crippen LogP contribution in [-0.4, -0.2) is 9.97 Å². The van der Waals surface area contributed by atoms with Crippen LogP contribution in [0.3, 0.4) is 0 Å².